The Labute approximate surface area is 98.7 Å². The molecule has 0 spiro atoms. The van der Waals surface area contributed by atoms with Gasteiger partial charge in [0.25, 0.3) is 5.91 Å². The minimum Gasteiger partial charge on any atom is -0.394 e. The lowest BCUT2D eigenvalue weighted by Crippen LogP contribution is -2.46. The van der Waals surface area contributed by atoms with Crippen LogP contribution in [0.1, 0.15) is 29.3 Å². The zero-order chi connectivity index (χ0) is 12.2. The Balaban J connectivity index is 2.66. The lowest BCUT2D eigenvalue weighted by atomic mass is 10.1. The first-order valence-corrected chi connectivity index (χ1v) is 5.94. The van der Waals surface area contributed by atoms with Crippen molar-refractivity contribution in [3.8, 4) is 0 Å². The van der Waals surface area contributed by atoms with E-state index in [2.05, 4.69) is 10.3 Å². The van der Waals surface area contributed by atoms with Gasteiger partial charge in [0.05, 0.1) is 17.2 Å². The highest BCUT2D eigenvalue weighted by atomic mass is 32.1. The lowest BCUT2D eigenvalue weighted by molar-refractivity contribution is 0.0865. The molecular weight excluding hydrogens is 226 g/mol. The third kappa shape index (κ3) is 3.55. The topological polar surface area (TPSA) is 88.2 Å². The molecule has 1 aromatic rings. The van der Waals surface area contributed by atoms with E-state index in [1.54, 1.807) is 19.2 Å². The zero-order valence-corrected chi connectivity index (χ0v) is 10.3. The molecule has 16 heavy (non-hydrogen) atoms. The number of thiazole rings is 1. The summed E-state index contributed by atoms with van der Waals surface area (Å²) in [7, 11) is 0. The summed E-state index contributed by atoms with van der Waals surface area (Å²) in [5.74, 6) is -0.265. The minimum absolute atomic E-state index is 0.113. The van der Waals surface area contributed by atoms with Crippen molar-refractivity contribution in [1.29, 1.82) is 0 Å². The number of nitrogens with zero attached hydrogens (tertiary/aromatic N) is 1. The summed E-state index contributed by atoms with van der Waals surface area (Å²) in [6.45, 7) is 3.91. The zero-order valence-electron chi connectivity index (χ0n) is 9.49. The fourth-order valence-corrected chi connectivity index (χ4v) is 1.86. The molecule has 5 nitrogen and oxygen atoms in total. The van der Waals surface area contributed by atoms with Gasteiger partial charge in [-0.25, -0.2) is 4.98 Å². The van der Waals surface area contributed by atoms with Crippen molar-refractivity contribution in [3.05, 3.63) is 16.1 Å². The Kier molecular flexibility index (Phi) is 4.40. The minimum atomic E-state index is -0.630. The predicted molar refractivity (Wildman–Crippen MR) is 63.5 cm³/mol. The van der Waals surface area contributed by atoms with Crippen LogP contribution in [0.5, 0.6) is 0 Å². The van der Waals surface area contributed by atoms with Gasteiger partial charge in [-0.05, 0) is 20.4 Å². The molecule has 0 radical (unpaired) electrons. The van der Waals surface area contributed by atoms with Gasteiger partial charge in [0.1, 0.15) is 5.69 Å². The summed E-state index contributed by atoms with van der Waals surface area (Å²) in [4.78, 5) is 15.9. The van der Waals surface area contributed by atoms with Crippen molar-refractivity contribution < 1.29 is 9.90 Å². The Hall–Kier alpha value is -0.980. The van der Waals surface area contributed by atoms with Crippen molar-refractivity contribution in [2.45, 2.75) is 25.8 Å². The van der Waals surface area contributed by atoms with Crippen LogP contribution >= 0.6 is 11.3 Å². The van der Waals surface area contributed by atoms with Crippen LogP contribution in [0.3, 0.4) is 0 Å². The largest absolute Gasteiger partial charge is 0.394 e. The molecule has 0 aromatic carbocycles. The maximum Gasteiger partial charge on any atom is 0.271 e. The van der Waals surface area contributed by atoms with Gasteiger partial charge < -0.3 is 16.2 Å². The second-order valence-electron chi connectivity index (χ2n) is 4.16. The van der Waals surface area contributed by atoms with Gasteiger partial charge in [-0.2, -0.15) is 0 Å². The third-order valence-electron chi connectivity index (χ3n) is 1.99. The fourth-order valence-electron chi connectivity index (χ4n) is 1.06. The van der Waals surface area contributed by atoms with Gasteiger partial charge >= 0.3 is 0 Å². The molecular formula is C10H17N3O2S. The predicted octanol–water partition coefficient (Wildman–Crippen LogP) is 0.145. The number of hydrogen-bond donors (Lipinski definition) is 3. The molecule has 1 aromatic heterocycles. The first-order valence-electron chi connectivity index (χ1n) is 5.06. The fraction of sp³-hybridized carbons (Fsp3) is 0.600. The number of aliphatic hydroxyl groups excluding tert-OH is 1. The SMILES string of the molecule is CC(C)(CO)NC(=O)c1csc(CCN)n1. The molecule has 0 bridgehead atoms. The summed E-state index contributed by atoms with van der Waals surface area (Å²) in [5.41, 5.74) is 5.16. The summed E-state index contributed by atoms with van der Waals surface area (Å²) in [5, 5.41) is 14.3. The highest BCUT2D eigenvalue weighted by molar-refractivity contribution is 7.09. The third-order valence-corrected chi connectivity index (χ3v) is 2.90. The van der Waals surface area contributed by atoms with Crippen molar-refractivity contribution in [3.63, 3.8) is 0 Å². The van der Waals surface area contributed by atoms with Gasteiger partial charge in [-0.1, -0.05) is 0 Å². The monoisotopic (exact) mass is 243 g/mol. The van der Waals surface area contributed by atoms with Crippen LogP contribution in [0.15, 0.2) is 5.38 Å². The maximum absolute atomic E-state index is 11.7. The molecule has 0 saturated carbocycles. The number of aliphatic hydroxyl groups is 1. The van der Waals surface area contributed by atoms with E-state index in [-0.39, 0.29) is 12.5 Å². The Morgan fingerprint density at radius 3 is 2.94 bits per heavy atom. The molecule has 1 rings (SSSR count). The summed E-state index contributed by atoms with van der Waals surface area (Å²) >= 11 is 1.42. The number of aromatic nitrogens is 1. The average molecular weight is 243 g/mol. The number of rotatable bonds is 5. The number of nitrogens with two attached hydrogens (primary N) is 1. The highest BCUT2D eigenvalue weighted by Crippen LogP contribution is 2.11. The van der Waals surface area contributed by atoms with E-state index in [0.29, 0.717) is 18.7 Å². The molecule has 1 amide bonds. The van der Waals surface area contributed by atoms with Crippen molar-refractivity contribution in [2.75, 3.05) is 13.2 Å². The summed E-state index contributed by atoms with van der Waals surface area (Å²) in [6.07, 6.45) is 0.682. The van der Waals surface area contributed by atoms with Crippen LogP contribution in [0.25, 0.3) is 0 Å². The summed E-state index contributed by atoms with van der Waals surface area (Å²) < 4.78 is 0. The van der Waals surface area contributed by atoms with Crippen LogP contribution in [-0.4, -0.2) is 34.7 Å². The molecule has 1 heterocycles. The number of nitrogens with one attached hydrogen (secondary N) is 1. The molecule has 0 unspecified atom stereocenters. The van der Waals surface area contributed by atoms with Gasteiger partial charge in [0.2, 0.25) is 0 Å². The maximum atomic E-state index is 11.7. The molecule has 6 heteroatoms. The number of carbonyl (C=O) groups is 1. The number of amides is 1. The first-order chi connectivity index (χ1) is 7.48. The van der Waals surface area contributed by atoms with Crippen LogP contribution in [0, 0.1) is 0 Å². The van der Waals surface area contributed by atoms with E-state index in [9.17, 15) is 4.79 Å². The van der Waals surface area contributed by atoms with Crippen LogP contribution in [0.4, 0.5) is 0 Å². The van der Waals surface area contributed by atoms with E-state index >= 15 is 0 Å². The Bertz CT molecular complexity index is 363. The Morgan fingerprint density at radius 1 is 1.69 bits per heavy atom. The Morgan fingerprint density at radius 2 is 2.38 bits per heavy atom. The van der Waals surface area contributed by atoms with Crippen LogP contribution < -0.4 is 11.1 Å². The average Bonchev–Trinajstić information content (AvgIpc) is 2.66. The van der Waals surface area contributed by atoms with Crippen LogP contribution in [-0.2, 0) is 6.42 Å². The van der Waals surface area contributed by atoms with E-state index in [4.69, 9.17) is 10.8 Å². The number of hydrogen-bond acceptors (Lipinski definition) is 5. The first kappa shape index (κ1) is 13.1. The molecule has 0 fully saturated rings. The number of carbonyl (C=O) groups excluding carboxylic acids is 1. The molecule has 0 atom stereocenters. The van der Waals surface area contributed by atoms with Gasteiger partial charge in [-0.15, -0.1) is 11.3 Å². The second kappa shape index (κ2) is 5.38. The van der Waals surface area contributed by atoms with E-state index in [0.717, 1.165) is 5.01 Å². The van der Waals surface area contributed by atoms with Gasteiger partial charge in [0, 0.05) is 11.8 Å². The normalized spacial score (nSPS) is 11.5. The standard InChI is InChI=1S/C10H17N3O2S/c1-10(2,6-14)13-9(15)7-5-16-8(12-7)3-4-11/h5,14H,3-4,6,11H2,1-2H3,(H,13,15). The molecule has 90 valence electrons. The lowest BCUT2D eigenvalue weighted by Gasteiger charge is -2.22. The smallest absolute Gasteiger partial charge is 0.271 e. The second-order valence-corrected chi connectivity index (χ2v) is 5.10. The van der Waals surface area contributed by atoms with Gasteiger partial charge in [-0.3, -0.25) is 4.79 Å². The highest BCUT2D eigenvalue weighted by Gasteiger charge is 2.21. The quantitative estimate of drug-likeness (QED) is 0.686. The van der Waals surface area contributed by atoms with E-state index < -0.39 is 5.54 Å². The van der Waals surface area contributed by atoms with Crippen molar-refractivity contribution >= 4 is 17.2 Å². The molecule has 0 aliphatic rings. The molecule has 0 aliphatic heterocycles. The van der Waals surface area contributed by atoms with Crippen molar-refractivity contribution in [2.24, 2.45) is 5.73 Å². The molecule has 4 N–H and O–H groups in total. The van der Waals surface area contributed by atoms with E-state index in [1.807, 2.05) is 0 Å². The van der Waals surface area contributed by atoms with Crippen LogP contribution in [0.2, 0.25) is 0 Å². The molecule has 0 aliphatic carbocycles. The van der Waals surface area contributed by atoms with E-state index in [1.165, 1.54) is 11.3 Å². The summed E-state index contributed by atoms with van der Waals surface area (Å²) in [6, 6.07) is 0. The van der Waals surface area contributed by atoms with Gasteiger partial charge in [0.15, 0.2) is 0 Å². The van der Waals surface area contributed by atoms with Crippen molar-refractivity contribution in [1.82, 2.24) is 10.3 Å². The molecule has 0 saturated heterocycles.